The summed E-state index contributed by atoms with van der Waals surface area (Å²) in [5.41, 5.74) is 3.40. The van der Waals surface area contributed by atoms with Gasteiger partial charge in [0.25, 0.3) is 0 Å². The zero-order valence-electron chi connectivity index (χ0n) is 10.1. The first kappa shape index (κ1) is 10.7. The van der Waals surface area contributed by atoms with Gasteiger partial charge in [0, 0.05) is 5.56 Å². The summed E-state index contributed by atoms with van der Waals surface area (Å²) in [7, 11) is 0. The lowest BCUT2D eigenvalue weighted by Crippen LogP contribution is -2.13. The first-order chi connectivity index (χ1) is 8.66. The highest BCUT2D eigenvalue weighted by molar-refractivity contribution is 5.68. The minimum atomic E-state index is 0.192. The summed E-state index contributed by atoms with van der Waals surface area (Å²) in [5, 5.41) is 11.6. The first-order valence-electron chi connectivity index (χ1n) is 5.51. The third kappa shape index (κ3) is 1.52. The van der Waals surface area contributed by atoms with Gasteiger partial charge in [-0.1, -0.05) is 5.16 Å². The van der Waals surface area contributed by atoms with Crippen LogP contribution < -0.4 is 5.49 Å². The second-order valence-electron chi connectivity index (χ2n) is 4.12. The van der Waals surface area contributed by atoms with Crippen molar-refractivity contribution in [3.8, 4) is 0 Å². The Balaban J connectivity index is 2.14. The molecule has 0 radical (unpaired) electrons. The summed E-state index contributed by atoms with van der Waals surface area (Å²) < 4.78 is 7.01. The Hall–Kier alpha value is -2.44. The number of hydrogen-bond acceptors (Lipinski definition) is 5. The van der Waals surface area contributed by atoms with Crippen LogP contribution in [0.3, 0.4) is 0 Å². The molecule has 18 heavy (non-hydrogen) atoms. The zero-order valence-corrected chi connectivity index (χ0v) is 10.1. The Morgan fingerprint density at radius 2 is 2.22 bits per heavy atom. The lowest BCUT2D eigenvalue weighted by Gasteiger charge is -2.06. The topological polar surface area (TPSA) is 96.4 Å². The Morgan fingerprint density at radius 1 is 1.39 bits per heavy atom. The van der Waals surface area contributed by atoms with E-state index in [1.54, 1.807) is 12.7 Å². The molecule has 3 aromatic rings. The number of H-pyrrole nitrogens is 1. The summed E-state index contributed by atoms with van der Waals surface area (Å²) in [4.78, 5) is 11.2. The van der Waals surface area contributed by atoms with Crippen LogP contribution in [0.1, 0.15) is 17.0 Å². The van der Waals surface area contributed by atoms with Gasteiger partial charge in [-0.15, -0.1) is 0 Å². The van der Waals surface area contributed by atoms with Gasteiger partial charge in [-0.2, -0.15) is 0 Å². The number of aromatic amines is 1. The molecule has 3 heterocycles. The number of fused-ring (bicyclic) bond motifs is 1. The minimum absolute atomic E-state index is 0.192. The summed E-state index contributed by atoms with van der Waals surface area (Å²) in [5.74, 6) is 0.790. The number of nitrogens with zero attached hydrogens (tertiary/aromatic N) is 4. The molecular weight excluding hydrogens is 232 g/mol. The second-order valence-corrected chi connectivity index (χ2v) is 4.12. The molecule has 7 heteroatoms. The van der Waals surface area contributed by atoms with E-state index in [2.05, 4.69) is 20.1 Å². The predicted octanol–water partition coefficient (Wildman–Crippen LogP) is 0.892. The molecule has 3 rings (SSSR count). The maximum atomic E-state index is 7.68. The van der Waals surface area contributed by atoms with E-state index in [1.807, 2.05) is 18.4 Å². The predicted molar refractivity (Wildman–Crippen MR) is 62.8 cm³/mol. The molecule has 0 atom stereocenters. The van der Waals surface area contributed by atoms with E-state index in [1.165, 1.54) is 0 Å². The van der Waals surface area contributed by atoms with Crippen molar-refractivity contribution in [3.05, 3.63) is 35.2 Å². The molecule has 0 fully saturated rings. The quantitative estimate of drug-likeness (QED) is 0.699. The van der Waals surface area contributed by atoms with Crippen molar-refractivity contribution in [2.75, 3.05) is 0 Å². The van der Waals surface area contributed by atoms with E-state index >= 15 is 0 Å². The smallest absolute Gasteiger partial charge is 0.173 e. The average Bonchev–Trinajstić information content (AvgIpc) is 2.94. The van der Waals surface area contributed by atoms with Crippen LogP contribution in [0, 0.1) is 19.3 Å². The largest absolute Gasteiger partial charge is 0.361 e. The van der Waals surface area contributed by atoms with Crippen LogP contribution in [-0.2, 0) is 6.54 Å². The van der Waals surface area contributed by atoms with E-state index < -0.39 is 0 Å². The minimum Gasteiger partial charge on any atom is -0.361 e. The van der Waals surface area contributed by atoms with Gasteiger partial charge in [0.1, 0.15) is 11.3 Å². The standard InChI is InChI=1S/C11H12N6O/c1-6-8(7(2)18-16-6)3-17-5-15-10(12)9-11(17)14-4-13-9/h4-5,12H,3H2,1-2H3,(H,13,14). The van der Waals surface area contributed by atoms with Crippen molar-refractivity contribution in [2.24, 2.45) is 0 Å². The van der Waals surface area contributed by atoms with Crippen molar-refractivity contribution in [2.45, 2.75) is 20.4 Å². The molecule has 3 aromatic heterocycles. The molecule has 0 spiro atoms. The maximum Gasteiger partial charge on any atom is 0.173 e. The third-order valence-corrected chi connectivity index (χ3v) is 2.96. The average molecular weight is 244 g/mol. The van der Waals surface area contributed by atoms with Crippen molar-refractivity contribution in [1.29, 1.82) is 5.41 Å². The number of rotatable bonds is 2. The van der Waals surface area contributed by atoms with E-state index in [9.17, 15) is 0 Å². The van der Waals surface area contributed by atoms with Crippen LogP contribution in [0.25, 0.3) is 11.2 Å². The van der Waals surface area contributed by atoms with Gasteiger partial charge in [0.2, 0.25) is 0 Å². The third-order valence-electron chi connectivity index (χ3n) is 2.96. The molecule has 2 N–H and O–H groups in total. The summed E-state index contributed by atoms with van der Waals surface area (Å²) >= 11 is 0. The number of imidazole rings is 1. The molecule has 7 nitrogen and oxygen atoms in total. The maximum absolute atomic E-state index is 7.68. The molecule has 0 saturated carbocycles. The molecule has 0 aromatic carbocycles. The van der Waals surface area contributed by atoms with Gasteiger partial charge >= 0.3 is 0 Å². The fraction of sp³-hybridized carbons (Fsp3) is 0.273. The van der Waals surface area contributed by atoms with Crippen LogP contribution in [0.2, 0.25) is 0 Å². The Morgan fingerprint density at radius 3 is 2.94 bits per heavy atom. The van der Waals surface area contributed by atoms with Gasteiger partial charge < -0.3 is 14.1 Å². The monoisotopic (exact) mass is 244 g/mol. The number of aromatic nitrogens is 5. The highest BCUT2D eigenvalue weighted by atomic mass is 16.5. The lowest BCUT2D eigenvalue weighted by atomic mass is 10.2. The first-order valence-corrected chi connectivity index (χ1v) is 5.51. The molecule has 0 aliphatic rings. The summed E-state index contributed by atoms with van der Waals surface area (Å²) in [6.07, 6.45) is 3.17. The molecule has 0 unspecified atom stereocenters. The van der Waals surface area contributed by atoms with Crippen molar-refractivity contribution in [3.63, 3.8) is 0 Å². The van der Waals surface area contributed by atoms with Gasteiger partial charge in [-0.25, -0.2) is 9.97 Å². The van der Waals surface area contributed by atoms with Gasteiger partial charge in [-0.3, -0.25) is 5.41 Å². The summed E-state index contributed by atoms with van der Waals surface area (Å²) in [6.45, 7) is 4.36. The van der Waals surface area contributed by atoms with E-state index in [0.717, 1.165) is 17.0 Å². The fourth-order valence-corrected chi connectivity index (χ4v) is 1.94. The second kappa shape index (κ2) is 3.80. The van der Waals surface area contributed by atoms with Crippen LogP contribution >= 0.6 is 0 Å². The molecular formula is C11H12N6O. The van der Waals surface area contributed by atoms with Crippen LogP contribution in [0.15, 0.2) is 17.2 Å². The zero-order chi connectivity index (χ0) is 12.7. The Kier molecular flexibility index (Phi) is 2.26. The van der Waals surface area contributed by atoms with Gasteiger partial charge in [0.05, 0.1) is 24.9 Å². The lowest BCUT2D eigenvalue weighted by molar-refractivity contribution is 0.392. The molecule has 0 aliphatic heterocycles. The van der Waals surface area contributed by atoms with E-state index in [4.69, 9.17) is 9.93 Å². The van der Waals surface area contributed by atoms with Crippen molar-refractivity contribution in [1.82, 2.24) is 24.7 Å². The molecule has 0 bridgehead atoms. The van der Waals surface area contributed by atoms with Gasteiger partial charge in [0.15, 0.2) is 11.1 Å². The fourth-order valence-electron chi connectivity index (χ4n) is 1.94. The molecule has 92 valence electrons. The molecule has 0 aliphatic carbocycles. The SMILES string of the molecule is Cc1noc(C)c1Cn1cnc(=N)c2[nH]cnc21. The molecule has 0 amide bonds. The van der Waals surface area contributed by atoms with E-state index in [0.29, 0.717) is 17.7 Å². The number of aryl methyl sites for hydroxylation is 2. The van der Waals surface area contributed by atoms with Crippen molar-refractivity contribution >= 4 is 11.2 Å². The highest BCUT2D eigenvalue weighted by Crippen LogP contribution is 2.15. The van der Waals surface area contributed by atoms with Crippen molar-refractivity contribution < 1.29 is 4.52 Å². The van der Waals surface area contributed by atoms with Crippen LogP contribution in [-0.4, -0.2) is 24.7 Å². The summed E-state index contributed by atoms with van der Waals surface area (Å²) in [6, 6.07) is 0. The van der Waals surface area contributed by atoms with Crippen LogP contribution in [0.5, 0.6) is 0 Å². The van der Waals surface area contributed by atoms with Gasteiger partial charge in [-0.05, 0) is 13.8 Å². The number of hydrogen-bond donors (Lipinski definition) is 2. The molecule has 0 saturated heterocycles. The normalized spacial score (nSPS) is 11.2. The number of nitrogens with one attached hydrogen (secondary N) is 2. The Labute approximate surface area is 102 Å². The Bertz CT molecular complexity index is 746. The highest BCUT2D eigenvalue weighted by Gasteiger charge is 2.11. The van der Waals surface area contributed by atoms with Crippen LogP contribution in [0.4, 0.5) is 0 Å². The van der Waals surface area contributed by atoms with E-state index in [-0.39, 0.29) is 5.49 Å².